The molecule has 2 aromatic carbocycles. The topological polar surface area (TPSA) is 34.9 Å². The Morgan fingerprint density at radius 1 is 1.00 bits per heavy atom. The normalized spacial score (nSPS) is 14.0. The summed E-state index contributed by atoms with van der Waals surface area (Å²) in [7, 11) is 0. The van der Waals surface area contributed by atoms with E-state index in [1.807, 2.05) is 69.7 Å². The summed E-state index contributed by atoms with van der Waals surface area (Å²) in [5, 5.41) is 0. The van der Waals surface area contributed by atoms with Crippen molar-refractivity contribution in [2.24, 2.45) is 11.3 Å². The first-order valence-electron chi connectivity index (χ1n) is 9.07. The highest BCUT2D eigenvalue weighted by Gasteiger charge is 2.36. The van der Waals surface area contributed by atoms with Gasteiger partial charge in [-0.2, -0.15) is 0 Å². The first kappa shape index (κ1) is 18.1. The number of benzene rings is 2. The van der Waals surface area contributed by atoms with Gasteiger partial charge in [-0.3, -0.25) is 4.79 Å². The lowest BCUT2D eigenvalue weighted by Gasteiger charge is -2.32. The molecule has 2 atom stereocenters. The second kappa shape index (κ2) is 7.69. The summed E-state index contributed by atoms with van der Waals surface area (Å²) in [6.07, 6.45) is 6.24. The molecule has 1 aromatic heterocycles. The average molecular weight is 346 g/mol. The molecule has 0 saturated carbocycles. The highest BCUT2D eigenvalue weighted by Crippen LogP contribution is 2.35. The van der Waals surface area contributed by atoms with E-state index >= 15 is 0 Å². The van der Waals surface area contributed by atoms with Crippen molar-refractivity contribution >= 4 is 5.78 Å². The largest absolute Gasteiger partial charge is 0.329 e. The number of hydrogen-bond acceptors (Lipinski definition) is 2. The Morgan fingerprint density at radius 3 is 2.15 bits per heavy atom. The SMILES string of the molecule is CC(C)(C)C(=O)C(Cc1ccccc1)C(c1ccccc1)n1ccnc1. The van der Waals surface area contributed by atoms with Gasteiger partial charge < -0.3 is 4.57 Å². The van der Waals surface area contributed by atoms with Crippen molar-refractivity contribution in [2.75, 3.05) is 0 Å². The number of aromatic nitrogens is 2. The smallest absolute Gasteiger partial charge is 0.144 e. The van der Waals surface area contributed by atoms with Crippen LogP contribution in [0.4, 0.5) is 0 Å². The van der Waals surface area contributed by atoms with Crippen LogP contribution in [0.25, 0.3) is 0 Å². The molecule has 26 heavy (non-hydrogen) atoms. The van der Waals surface area contributed by atoms with Gasteiger partial charge in [0, 0.05) is 23.7 Å². The van der Waals surface area contributed by atoms with Crippen molar-refractivity contribution in [3.05, 3.63) is 90.5 Å². The van der Waals surface area contributed by atoms with Gasteiger partial charge in [0.1, 0.15) is 5.78 Å². The van der Waals surface area contributed by atoms with Crippen LogP contribution in [0.15, 0.2) is 79.4 Å². The van der Waals surface area contributed by atoms with Crippen LogP contribution in [0.1, 0.15) is 37.9 Å². The maximum absolute atomic E-state index is 13.4. The molecule has 0 spiro atoms. The first-order valence-corrected chi connectivity index (χ1v) is 9.07. The van der Waals surface area contributed by atoms with Gasteiger partial charge in [-0.1, -0.05) is 81.4 Å². The van der Waals surface area contributed by atoms with E-state index in [-0.39, 0.29) is 17.7 Å². The van der Waals surface area contributed by atoms with E-state index in [4.69, 9.17) is 0 Å². The van der Waals surface area contributed by atoms with Crippen LogP contribution in [0.2, 0.25) is 0 Å². The van der Waals surface area contributed by atoms with Gasteiger partial charge in [0.15, 0.2) is 0 Å². The molecule has 3 rings (SSSR count). The van der Waals surface area contributed by atoms with Crippen LogP contribution >= 0.6 is 0 Å². The number of rotatable bonds is 6. The van der Waals surface area contributed by atoms with Crippen molar-refractivity contribution in [1.82, 2.24) is 9.55 Å². The molecule has 0 aliphatic carbocycles. The number of carbonyl (C=O) groups is 1. The minimum absolute atomic E-state index is 0.0781. The van der Waals surface area contributed by atoms with Gasteiger partial charge in [-0.25, -0.2) is 4.98 Å². The standard InChI is InChI=1S/C23H26N2O/c1-23(2,3)22(26)20(16-18-10-6-4-7-11-18)21(25-15-14-24-17-25)19-12-8-5-9-13-19/h4-15,17,20-21H,16H2,1-3H3. The van der Waals surface area contributed by atoms with Crippen molar-refractivity contribution in [1.29, 1.82) is 0 Å². The Balaban J connectivity index is 2.08. The molecule has 0 aliphatic heterocycles. The van der Waals surface area contributed by atoms with E-state index in [1.54, 1.807) is 6.20 Å². The summed E-state index contributed by atoms with van der Waals surface area (Å²) >= 11 is 0. The Kier molecular flexibility index (Phi) is 5.36. The average Bonchev–Trinajstić information content (AvgIpc) is 3.16. The van der Waals surface area contributed by atoms with E-state index in [2.05, 4.69) is 33.8 Å². The van der Waals surface area contributed by atoms with Gasteiger partial charge >= 0.3 is 0 Å². The number of nitrogens with zero attached hydrogens (tertiary/aromatic N) is 2. The van der Waals surface area contributed by atoms with Crippen molar-refractivity contribution in [3.8, 4) is 0 Å². The number of Topliss-reactive ketones (excluding diaryl/α,β-unsaturated/α-hetero) is 1. The lowest BCUT2D eigenvalue weighted by atomic mass is 9.75. The maximum atomic E-state index is 13.4. The molecule has 1 heterocycles. The van der Waals surface area contributed by atoms with Crippen LogP contribution in [-0.2, 0) is 11.2 Å². The molecule has 3 aromatic rings. The Hall–Kier alpha value is -2.68. The zero-order valence-electron chi connectivity index (χ0n) is 15.7. The van der Waals surface area contributed by atoms with Gasteiger partial charge in [0.2, 0.25) is 0 Å². The first-order chi connectivity index (χ1) is 12.5. The second-order valence-corrected chi connectivity index (χ2v) is 7.78. The monoisotopic (exact) mass is 346 g/mol. The minimum atomic E-state index is -0.410. The predicted molar refractivity (Wildman–Crippen MR) is 105 cm³/mol. The van der Waals surface area contributed by atoms with Crippen LogP contribution in [-0.4, -0.2) is 15.3 Å². The van der Waals surface area contributed by atoms with Crippen molar-refractivity contribution in [2.45, 2.75) is 33.2 Å². The molecule has 0 fully saturated rings. The molecule has 0 amide bonds. The van der Waals surface area contributed by atoms with Crippen molar-refractivity contribution < 1.29 is 4.79 Å². The predicted octanol–water partition coefficient (Wildman–Crippen LogP) is 4.95. The molecule has 3 heteroatoms. The molecule has 0 bridgehead atoms. The number of carbonyl (C=O) groups excluding carboxylic acids is 1. The molecular formula is C23H26N2O. The summed E-state index contributed by atoms with van der Waals surface area (Å²) in [5.74, 6) is 0.0953. The number of ketones is 1. The third-order valence-corrected chi connectivity index (χ3v) is 4.74. The Morgan fingerprint density at radius 2 is 1.62 bits per heavy atom. The third-order valence-electron chi connectivity index (χ3n) is 4.74. The molecule has 134 valence electrons. The molecular weight excluding hydrogens is 320 g/mol. The van der Waals surface area contributed by atoms with Crippen LogP contribution in [0.5, 0.6) is 0 Å². The zero-order valence-corrected chi connectivity index (χ0v) is 15.7. The van der Waals surface area contributed by atoms with Crippen LogP contribution in [0, 0.1) is 11.3 Å². The molecule has 0 radical (unpaired) electrons. The van der Waals surface area contributed by atoms with Crippen LogP contribution in [0.3, 0.4) is 0 Å². The Labute approximate surface area is 155 Å². The lowest BCUT2D eigenvalue weighted by Crippen LogP contribution is -2.36. The van der Waals surface area contributed by atoms with E-state index in [0.29, 0.717) is 6.42 Å². The fourth-order valence-electron chi connectivity index (χ4n) is 3.47. The fraction of sp³-hybridized carbons (Fsp3) is 0.304. The summed E-state index contributed by atoms with van der Waals surface area (Å²) in [6, 6.07) is 20.4. The quantitative estimate of drug-likeness (QED) is 0.633. The van der Waals surface area contributed by atoms with Crippen LogP contribution < -0.4 is 0 Å². The molecule has 0 aliphatic rings. The highest BCUT2D eigenvalue weighted by molar-refractivity contribution is 5.87. The second-order valence-electron chi connectivity index (χ2n) is 7.78. The number of imidazole rings is 1. The lowest BCUT2D eigenvalue weighted by molar-refractivity contribution is -0.131. The molecule has 2 unspecified atom stereocenters. The summed E-state index contributed by atoms with van der Waals surface area (Å²) in [5.41, 5.74) is 1.90. The van der Waals surface area contributed by atoms with E-state index in [0.717, 1.165) is 5.56 Å². The maximum Gasteiger partial charge on any atom is 0.144 e. The molecule has 0 saturated heterocycles. The van der Waals surface area contributed by atoms with Crippen molar-refractivity contribution in [3.63, 3.8) is 0 Å². The fourth-order valence-corrected chi connectivity index (χ4v) is 3.47. The third kappa shape index (κ3) is 4.10. The van der Waals surface area contributed by atoms with E-state index in [9.17, 15) is 4.79 Å². The molecule has 3 nitrogen and oxygen atoms in total. The van der Waals surface area contributed by atoms with Gasteiger partial charge in [0.05, 0.1) is 12.4 Å². The van der Waals surface area contributed by atoms with Gasteiger partial charge in [-0.05, 0) is 17.5 Å². The summed E-state index contributed by atoms with van der Waals surface area (Å²) < 4.78 is 2.06. The highest BCUT2D eigenvalue weighted by atomic mass is 16.1. The summed E-state index contributed by atoms with van der Waals surface area (Å²) in [6.45, 7) is 6.01. The molecule has 0 N–H and O–H groups in total. The number of hydrogen-bond donors (Lipinski definition) is 0. The van der Waals surface area contributed by atoms with E-state index in [1.165, 1.54) is 5.56 Å². The Bertz CT molecular complexity index is 818. The van der Waals surface area contributed by atoms with Gasteiger partial charge in [-0.15, -0.1) is 0 Å². The minimum Gasteiger partial charge on any atom is -0.329 e. The summed E-state index contributed by atoms with van der Waals surface area (Å²) in [4.78, 5) is 17.7. The van der Waals surface area contributed by atoms with E-state index < -0.39 is 5.41 Å². The zero-order chi connectivity index (χ0) is 18.6. The van der Waals surface area contributed by atoms with Gasteiger partial charge in [0.25, 0.3) is 0 Å².